The minimum absolute atomic E-state index is 0.106. The molecule has 1 unspecified atom stereocenters. The second-order valence-corrected chi connectivity index (χ2v) is 5.09. The summed E-state index contributed by atoms with van der Waals surface area (Å²) < 4.78 is 2.12. The van der Waals surface area contributed by atoms with E-state index in [1.54, 1.807) is 0 Å². The number of hydrogen-bond donors (Lipinski definition) is 1. The molecule has 1 N–H and O–H groups in total. The van der Waals surface area contributed by atoms with Crippen molar-refractivity contribution in [1.29, 1.82) is 0 Å². The van der Waals surface area contributed by atoms with Crippen molar-refractivity contribution < 1.29 is 0 Å². The molecule has 0 saturated heterocycles. The van der Waals surface area contributed by atoms with E-state index in [0.717, 1.165) is 25.2 Å². The van der Waals surface area contributed by atoms with E-state index in [9.17, 15) is 0 Å². The van der Waals surface area contributed by atoms with Crippen molar-refractivity contribution in [2.24, 2.45) is 7.05 Å². The molecule has 0 aliphatic heterocycles. The van der Waals surface area contributed by atoms with E-state index in [0.29, 0.717) is 0 Å². The van der Waals surface area contributed by atoms with E-state index in [1.807, 2.05) is 12.4 Å². The van der Waals surface area contributed by atoms with Gasteiger partial charge in [-0.15, -0.1) is 0 Å². The Hall–Kier alpha value is -0.870. The van der Waals surface area contributed by atoms with Gasteiger partial charge in [0.1, 0.15) is 5.82 Å². The molecule has 4 nitrogen and oxygen atoms in total. The molecule has 0 radical (unpaired) electrons. The summed E-state index contributed by atoms with van der Waals surface area (Å²) in [5, 5.41) is 3.62. The van der Waals surface area contributed by atoms with Crippen LogP contribution in [0.4, 0.5) is 0 Å². The summed E-state index contributed by atoms with van der Waals surface area (Å²) >= 11 is 0. The summed E-state index contributed by atoms with van der Waals surface area (Å²) in [5.74, 6) is 1.12. The number of likely N-dealkylation sites (N-methyl/N-ethyl adjacent to an activating group) is 2. The first-order valence-electron chi connectivity index (χ1n) is 6.91. The van der Waals surface area contributed by atoms with Crippen LogP contribution in [0, 0.1) is 0 Å². The lowest BCUT2D eigenvalue weighted by atomic mass is 9.82. The molecule has 0 bridgehead atoms. The molecule has 18 heavy (non-hydrogen) atoms. The minimum Gasteiger partial charge on any atom is -0.337 e. The lowest BCUT2D eigenvalue weighted by molar-refractivity contribution is 0.0837. The van der Waals surface area contributed by atoms with Gasteiger partial charge in [0.25, 0.3) is 0 Å². The number of aryl methyl sites for hydroxylation is 1. The smallest absolute Gasteiger partial charge is 0.127 e. The summed E-state index contributed by atoms with van der Waals surface area (Å²) in [6, 6.07) is 0.257. The Balaban J connectivity index is 3.21. The fraction of sp³-hybridized carbons (Fsp3) is 0.786. The number of imidazole rings is 1. The van der Waals surface area contributed by atoms with Crippen molar-refractivity contribution in [2.45, 2.75) is 45.2 Å². The maximum absolute atomic E-state index is 4.55. The van der Waals surface area contributed by atoms with Crippen LogP contribution in [-0.4, -0.2) is 40.6 Å². The minimum atomic E-state index is 0.106. The second-order valence-electron chi connectivity index (χ2n) is 5.09. The summed E-state index contributed by atoms with van der Waals surface area (Å²) in [6.07, 6.45) is 6.10. The first kappa shape index (κ1) is 15.2. The molecule has 104 valence electrons. The van der Waals surface area contributed by atoms with Crippen molar-refractivity contribution in [1.82, 2.24) is 19.8 Å². The van der Waals surface area contributed by atoms with Gasteiger partial charge in [0, 0.05) is 25.0 Å². The van der Waals surface area contributed by atoms with Gasteiger partial charge in [-0.3, -0.25) is 0 Å². The summed E-state index contributed by atoms with van der Waals surface area (Å²) in [6.45, 7) is 7.63. The summed E-state index contributed by atoms with van der Waals surface area (Å²) in [4.78, 5) is 6.90. The fourth-order valence-corrected chi connectivity index (χ4v) is 2.93. The molecule has 1 aromatic rings. The van der Waals surface area contributed by atoms with Crippen LogP contribution in [0.5, 0.6) is 0 Å². The zero-order chi connectivity index (χ0) is 13.8. The molecule has 1 aromatic heterocycles. The third-order valence-electron chi connectivity index (χ3n) is 4.18. The maximum Gasteiger partial charge on any atom is 0.127 e. The van der Waals surface area contributed by atoms with Crippen LogP contribution in [0.1, 0.15) is 45.5 Å². The molecule has 0 spiro atoms. The normalized spacial score (nSPS) is 14.2. The van der Waals surface area contributed by atoms with Gasteiger partial charge >= 0.3 is 0 Å². The number of aromatic nitrogens is 2. The van der Waals surface area contributed by atoms with Gasteiger partial charge in [-0.25, -0.2) is 4.98 Å². The van der Waals surface area contributed by atoms with E-state index in [2.05, 4.69) is 61.7 Å². The van der Waals surface area contributed by atoms with Crippen LogP contribution in [0.3, 0.4) is 0 Å². The lowest BCUT2D eigenvalue weighted by Crippen LogP contribution is -2.53. The summed E-state index contributed by atoms with van der Waals surface area (Å²) in [7, 11) is 6.40. The van der Waals surface area contributed by atoms with Gasteiger partial charge in [0.2, 0.25) is 0 Å². The Bertz CT molecular complexity index is 352. The number of nitrogens with zero attached hydrogens (tertiary/aromatic N) is 3. The van der Waals surface area contributed by atoms with E-state index in [-0.39, 0.29) is 11.6 Å². The molecule has 1 atom stereocenters. The highest BCUT2D eigenvalue weighted by Gasteiger charge is 2.40. The molecule has 0 aliphatic carbocycles. The van der Waals surface area contributed by atoms with Crippen molar-refractivity contribution in [3.63, 3.8) is 0 Å². The van der Waals surface area contributed by atoms with Gasteiger partial charge < -0.3 is 14.8 Å². The highest BCUT2D eigenvalue weighted by atomic mass is 15.2. The predicted molar refractivity (Wildman–Crippen MR) is 76.6 cm³/mol. The highest BCUT2D eigenvalue weighted by Crippen LogP contribution is 2.35. The van der Waals surface area contributed by atoms with Crippen molar-refractivity contribution in [2.75, 3.05) is 20.6 Å². The number of nitrogens with one attached hydrogen (secondary N) is 1. The van der Waals surface area contributed by atoms with E-state index in [4.69, 9.17) is 0 Å². The van der Waals surface area contributed by atoms with Crippen LogP contribution in [-0.2, 0) is 7.05 Å². The molecule has 0 aromatic carbocycles. The third-order valence-corrected chi connectivity index (χ3v) is 4.18. The van der Waals surface area contributed by atoms with Crippen LogP contribution in [0.25, 0.3) is 0 Å². The van der Waals surface area contributed by atoms with E-state index < -0.39 is 0 Å². The molecule has 4 heteroatoms. The van der Waals surface area contributed by atoms with E-state index >= 15 is 0 Å². The Kier molecular flexibility index (Phi) is 5.35. The standard InChI is InChI=1S/C14H28N4/c1-7-14(8-2,17(4)5)12(15-9-3)13-16-10-11-18(13)6/h10-12,15H,7-9H2,1-6H3. The second kappa shape index (κ2) is 6.34. The number of hydrogen-bond acceptors (Lipinski definition) is 3. The molecular formula is C14H28N4. The molecule has 0 aliphatic rings. The maximum atomic E-state index is 4.55. The monoisotopic (exact) mass is 252 g/mol. The first-order valence-corrected chi connectivity index (χ1v) is 6.91. The molecular weight excluding hydrogens is 224 g/mol. The van der Waals surface area contributed by atoms with Gasteiger partial charge in [-0.05, 0) is 33.5 Å². The Morgan fingerprint density at radius 3 is 2.28 bits per heavy atom. The lowest BCUT2D eigenvalue weighted by Gasteiger charge is -2.45. The van der Waals surface area contributed by atoms with Crippen molar-refractivity contribution in [3.05, 3.63) is 18.2 Å². The average molecular weight is 252 g/mol. The molecule has 0 fully saturated rings. The van der Waals surface area contributed by atoms with Gasteiger partial charge in [0.05, 0.1) is 6.04 Å². The summed E-state index contributed by atoms with van der Waals surface area (Å²) in [5.41, 5.74) is 0.106. The highest BCUT2D eigenvalue weighted by molar-refractivity contribution is 5.10. The van der Waals surface area contributed by atoms with Crippen molar-refractivity contribution in [3.8, 4) is 0 Å². The fourth-order valence-electron chi connectivity index (χ4n) is 2.93. The van der Waals surface area contributed by atoms with Crippen LogP contribution >= 0.6 is 0 Å². The molecule has 1 rings (SSSR count). The van der Waals surface area contributed by atoms with Crippen LogP contribution < -0.4 is 5.32 Å². The zero-order valence-corrected chi connectivity index (χ0v) is 12.7. The van der Waals surface area contributed by atoms with E-state index in [1.165, 1.54) is 0 Å². The van der Waals surface area contributed by atoms with Gasteiger partial charge in [-0.2, -0.15) is 0 Å². The zero-order valence-electron chi connectivity index (χ0n) is 12.7. The van der Waals surface area contributed by atoms with Gasteiger partial charge in [-0.1, -0.05) is 20.8 Å². The Morgan fingerprint density at radius 1 is 1.33 bits per heavy atom. The molecule has 0 amide bonds. The predicted octanol–water partition coefficient (Wildman–Crippen LogP) is 2.19. The molecule has 1 heterocycles. The SMILES string of the molecule is CCNC(c1nccn1C)C(CC)(CC)N(C)C. The largest absolute Gasteiger partial charge is 0.337 e. The van der Waals surface area contributed by atoms with Crippen molar-refractivity contribution >= 4 is 0 Å². The quantitative estimate of drug-likeness (QED) is 0.807. The average Bonchev–Trinajstić information content (AvgIpc) is 2.75. The molecule has 0 saturated carbocycles. The Labute approximate surface area is 111 Å². The number of rotatable bonds is 7. The van der Waals surface area contributed by atoms with Crippen LogP contribution in [0.15, 0.2) is 12.4 Å². The van der Waals surface area contributed by atoms with Gasteiger partial charge in [0.15, 0.2) is 0 Å². The Morgan fingerprint density at radius 2 is 1.94 bits per heavy atom. The third kappa shape index (κ3) is 2.59. The topological polar surface area (TPSA) is 33.1 Å². The first-order chi connectivity index (χ1) is 8.53. The van der Waals surface area contributed by atoms with Crippen LogP contribution in [0.2, 0.25) is 0 Å².